The van der Waals surface area contributed by atoms with Crippen molar-refractivity contribution in [1.29, 1.82) is 0 Å². The number of hydrogen-bond acceptors (Lipinski definition) is 3. The molecule has 17 heavy (non-hydrogen) atoms. The van der Waals surface area contributed by atoms with Gasteiger partial charge in [0.15, 0.2) is 0 Å². The fourth-order valence-corrected chi connectivity index (χ4v) is 2.36. The largest absolute Gasteiger partial charge is 0.397 e. The van der Waals surface area contributed by atoms with Gasteiger partial charge in [-0.05, 0) is 24.1 Å². The molecule has 0 aliphatic carbocycles. The average molecular weight is 278 g/mol. The lowest BCUT2D eigenvalue weighted by atomic mass is 10.2. The normalized spacial score (nSPS) is 11.8. The highest BCUT2D eigenvalue weighted by Gasteiger charge is 2.11. The van der Waals surface area contributed by atoms with Crippen LogP contribution in [0.4, 0.5) is 11.4 Å². The SMILES string of the molecule is CC(C)CNS(=O)(=O)Nc1ccc(Cl)cc1N. The molecule has 4 N–H and O–H groups in total. The van der Waals surface area contributed by atoms with Crippen LogP contribution < -0.4 is 15.2 Å². The lowest BCUT2D eigenvalue weighted by Gasteiger charge is -2.12. The van der Waals surface area contributed by atoms with Gasteiger partial charge in [0.2, 0.25) is 0 Å². The summed E-state index contributed by atoms with van der Waals surface area (Å²) in [6.45, 7) is 4.20. The van der Waals surface area contributed by atoms with E-state index in [1.165, 1.54) is 12.1 Å². The van der Waals surface area contributed by atoms with E-state index in [0.717, 1.165) is 0 Å². The molecule has 0 bridgehead atoms. The van der Waals surface area contributed by atoms with Gasteiger partial charge < -0.3 is 5.73 Å². The molecular weight excluding hydrogens is 262 g/mol. The third-order valence-corrected chi connectivity index (χ3v) is 3.21. The summed E-state index contributed by atoms with van der Waals surface area (Å²) in [6.07, 6.45) is 0. The van der Waals surface area contributed by atoms with Crippen molar-refractivity contribution >= 4 is 33.2 Å². The van der Waals surface area contributed by atoms with E-state index in [-0.39, 0.29) is 11.6 Å². The van der Waals surface area contributed by atoms with E-state index in [9.17, 15) is 8.42 Å². The number of halogens is 1. The predicted octanol–water partition coefficient (Wildman–Crippen LogP) is 1.82. The van der Waals surface area contributed by atoms with Crippen LogP contribution in [0.5, 0.6) is 0 Å². The molecule has 0 fully saturated rings. The fraction of sp³-hybridized carbons (Fsp3) is 0.400. The molecule has 0 unspecified atom stereocenters. The number of rotatable bonds is 5. The number of hydrogen-bond donors (Lipinski definition) is 3. The Bertz CT molecular complexity index is 488. The molecular formula is C10H16ClN3O2S. The maximum absolute atomic E-state index is 11.6. The van der Waals surface area contributed by atoms with Crippen LogP contribution in [0.15, 0.2) is 18.2 Å². The molecule has 0 aromatic heterocycles. The minimum atomic E-state index is -3.59. The highest BCUT2D eigenvalue weighted by Crippen LogP contribution is 2.23. The van der Waals surface area contributed by atoms with Crippen LogP contribution in [0.3, 0.4) is 0 Å². The Morgan fingerprint density at radius 3 is 2.59 bits per heavy atom. The molecule has 0 atom stereocenters. The first-order chi connectivity index (χ1) is 7.80. The topological polar surface area (TPSA) is 84.2 Å². The van der Waals surface area contributed by atoms with Crippen LogP contribution in [0.1, 0.15) is 13.8 Å². The Labute approximate surface area is 107 Å². The molecule has 0 amide bonds. The fourth-order valence-electron chi connectivity index (χ4n) is 1.08. The van der Waals surface area contributed by atoms with Crippen molar-refractivity contribution in [2.75, 3.05) is 17.0 Å². The van der Waals surface area contributed by atoms with Gasteiger partial charge in [-0.25, -0.2) is 0 Å². The third-order valence-electron chi connectivity index (χ3n) is 1.94. The summed E-state index contributed by atoms with van der Waals surface area (Å²) in [6, 6.07) is 4.58. The van der Waals surface area contributed by atoms with Gasteiger partial charge in [0.05, 0.1) is 11.4 Å². The van der Waals surface area contributed by atoms with Crippen molar-refractivity contribution in [3.8, 4) is 0 Å². The Morgan fingerprint density at radius 1 is 1.41 bits per heavy atom. The van der Waals surface area contributed by atoms with Crippen LogP contribution in [-0.4, -0.2) is 15.0 Å². The number of nitrogen functional groups attached to an aromatic ring is 1. The first kappa shape index (κ1) is 14.1. The van der Waals surface area contributed by atoms with Crippen molar-refractivity contribution in [3.63, 3.8) is 0 Å². The zero-order chi connectivity index (χ0) is 13.1. The van der Waals surface area contributed by atoms with E-state index in [2.05, 4.69) is 9.44 Å². The maximum atomic E-state index is 11.6. The van der Waals surface area contributed by atoms with Gasteiger partial charge in [0.1, 0.15) is 0 Å². The quantitative estimate of drug-likeness (QED) is 0.718. The Hall–Kier alpha value is -0.980. The minimum Gasteiger partial charge on any atom is -0.397 e. The van der Waals surface area contributed by atoms with Crippen molar-refractivity contribution in [2.24, 2.45) is 5.92 Å². The monoisotopic (exact) mass is 277 g/mol. The highest BCUT2D eigenvalue weighted by molar-refractivity contribution is 7.90. The lowest BCUT2D eigenvalue weighted by Crippen LogP contribution is -2.33. The average Bonchev–Trinajstić information content (AvgIpc) is 2.20. The number of benzene rings is 1. The molecule has 0 aliphatic rings. The van der Waals surface area contributed by atoms with Gasteiger partial charge in [0, 0.05) is 11.6 Å². The van der Waals surface area contributed by atoms with Gasteiger partial charge in [-0.2, -0.15) is 13.1 Å². The van der Waals surface area contributed by atoms with Crippen LogP contribution in [0, 0.1) is 5.92 Å². The number of nitrogens with one attached hydrogen (secondary N) is 2. The Kier molecular flexibility index (Phi) is 4.62. The summed E-state index contributed by atoms with van der Waals surface area (Å²) in [5, 5.41) is 0.459. The molecule has 0 saturated carbocycles. The van der Waals surface area contributed by atoms with E-state index >= 15 is 0 Å². The second-order valence-electron chi connectivity index (χ2n) is 4.08. The first-order valence-electron chi connectivity index (χ1n) is 5.12. The molecule has 0 aliphatic heterocycles. The van der Waals surface area contributed by atoms with E-state index in [1.807, 2.05) is 13.8 Å². The standard InChI is InChI=1S/C10H16ClN3O2S/c1-7(2)6-13-17(15,16)14-10-4-3-8(11)5-9(10)12/h3-5,7,13-14H,6,12H2,1-2H3. The van der Waals surface area contributed by atoms with E-state index in [4.69, 9.17) is 17.3 Å². The highest BCUT2D eigenvalue weighted by atomic mass is 35.5. The summed E-state index contributed by atoms with van der Waals surface area (Å²) in [5.41, 5.74) is 6.24. The van der Waals surface area contributed by atoms with E-state index < -0.39 is 10.2 Å². The molecule has 1 aromatic rings. The summed E-state index contributed by atoms with van der Waals surface area (Å²) >= 11 is 5.72. The predicted molar refractivity (Wildman–Crippen MR) is 71.2 cm³/mol. The van der Waals surface area contributed by atoms with Crippen molar-refractivity contribution in [2.45, 2.75) is 13.8 Å². The summed E-state index contributed by atoms with van der Waals surface area (Å²) < 4.78 is 28.0. The van der Waals surface area contributed by atoms with Gasteiger partial charge in [-0.15, -0.1) is 0 Å². The lowest BCUT2D eigenvalue weighted by molar-refractivity contribution is 0.565. The van der Waals surface area contributed by atoms with E-state index in [1.54, 1.807) is 6.07 Å². The van der Waals surface area contributed by atoms with Gasteiger partial charge in [-0.1, -0.05) is 25.4 Å². The van der Waals surface area contributed by atoms with Crippen molar-refractivity contribution in [3.05, 3.63) is 23.2 Å². The van der Waals surface area contributed by atoms with Crippen LogP contribution in [0.25, 0.3) is 0 Å². The second kappa shape index (κ2) is 5.57. The van der Waals surface area contributed by atoms with Crippen molar-refractivity contribution in [1.82, 2.24) is 4.72 Å². The zero-order valence-corrected chi connectivity index (χ0v) is 11.3. The molecule has 0 saturated heterocycles. The summed E-state index contributed by atoms with van der Waals surface area (Å²) in [7, 11) is -3.59. The first-order valence-corrected chi connectivity index (χ1v) is 6.98. The molecule has 0 heterocycles. The van der Waals surface area contributed by atoms with Crippen LogP contribution in [0.2, 0.25) is 5.02 Å². The van der Waals surface area contributed by atoms with Gasteiger partial charge in [0.25, 0.3) is 10.2 Å². The van der Waals surface area contributed by atoms with Crippen LogP contribution >= 0.6 is 11.6 Å². The molecule has 7 heteroatoms. The smallest absolute Gasteiger partial charge is 0.299 e. The van der Waals surface area contributed by atoms with Gasteiger partial charge >= 0.3 is 0 Å². The Balaban J connectivity index is 2.76. The minimum absolute atomic E-state index is 0.231. The summed E-state index contributed by atoms with van der Waals surface area (Å²) in [5.74, 6) is 0.231. The molecule has 0 radical (unpaired) electrons. The molecule has 96 valence electrons. The number of anilines is 2. The molecule has 1 rings (SSSR count). The van der Waals surface area contributed by atoms with Crippen LogP contribution in [-0.2, 0) is 10.2 Å². The molecule has 0 spiro atoms. The Morgan fingerprint density at radius 2 is 2.06 bits per heavy atom. The zero-order valence-electron chi connectivity index (χ0n) is 9.70. The maximum Gasteiger partial charge on any atom is 0.299 e. The summed E-state index contributed by atoms with van der Waals surface area (Å²) in [4.78, 5) is 0. The van der Waals surface area contributed by atoms with Gasteiger partial charge in [-0.3, -0.25) is 4.72 Å². The molecule has 5 nitrogen and oxygen atoms in total. The third kappa shape index (κ3) is 4.80. The number of nitrogens with two attached hydrogens (primary N) is 1. The second-order valence-corrected chi connectivity index (χ2v) is 6.02. The van der Waals surface area contributed by atoms with E-state index in [0.29, 0.717) is 17.3 Å². The molecule has 1 aromatic carbocycles. The van der Waals surface area contributed by atoms with Crippen molar-refractivity contribution < 1.29 is 8.42 Å².